The van der Waals surface area contributed by atoms with Gasteiger partial charge >= 0.3 is 5.97 Å². The number of carbonyl (C=O) groups excluding carboxylic acids is 1. The lowest BCUT2D eigenvalue weighted by molar-refractivity contribution is 0.0601. The highest BCUT2D eigenvalue weighted by Crippen LogP contribution is 2.32. The van der Waals surface area contributed by atoms with Gasteiger partial charge in [-0.15, -0.1) is 0 Å². The van der Waals surface area contributed by atoms with Gasteiger partial charge in [-0.3, -0.25) is 4.99 Å². The molecule has 7 heteroatoms. The Kier molecular flexibility index (Phi) is 5.26. The van der Waals surface area contributed by atoms with Crippen LogP contribution in [0.3, 0.4) is 0 Å². The second-order valence-electron chi connectivity index (χ2n) is 5.41. The molecule has 1 fully saturated rings. The minimum absolute atomic E-state index is 0.301. The summed E-state index contributed by atoms with van der Waals surface area (Å²) in [5.41, 5.74) is 0.943. The van der Waals surface area contributed by atoms with E-state index in [0.717, 1.165) is 23.4 Å². The number of esters is 1. The molecule has 0 atom stereocenters. The van der Waals surface area contributed by atoms with Crippen molar-refractivity contribution >= 4 is 51.3 Å². The molecule has 0 N–H and O–H groups in total. The van der Waals surface area contributed by atoms with Crippen molar-refractivity contribution in [3.05, 3.63) is 45.1 Å². The van der Waals surface area contributed by atoms with E-state index in [1.54, 1.807) is 24.4 Å². The lowest BCUT2D eigenvalue weighted by Gasteiger charge is -2.13. The number of furan rings is 1. The van der Waals surface area contributed by atoms with E-state index in [2.05, 4.69) is 30.6 Å². The molecule has 0 unspecified atom stereocenters. The SMILES string of the molecule is COC(=O)c1ccc(N=Cc2cc(Br)c(N3CCCC3)o2)cc1Cl. The molecule has 1 aromatic carbocycles. The number of rotatable bonds is 4. The number of halogens is 2. The fourth-order valence-corrected chi connectivity index (χ4v) is 3.38. The van der Waals surface area contributed by atoms with E-state index < -0.39 is 5.97 Å². The molecule has 0 amide bonds. The summed E-state index contributed by atoms with van der Waals surface area (Å²) in [5.74, 6) is 1.02. The summed E-state index contributed by atoms with van der Waals surface area (Å²) >= 11 is 9.62. The van der Waals surface area contributed by atoms with Crippen LogP contribution in [0.4, 0.5) is 11.6 Å². The first-order valence-corrected chi connectivity index (χ1v) is 8.72. The predicted molar refractivity (Wildman–Crippen MR) is 97.9 cm³/mol. The molecule has 1 aromatic heterocycles. The van der Waals surface area contributed by atoms with E-state index in [1.807, 2.05) is 6.07 Å². The Morgan fingerprint density at radius 1 is 1.38 bits per heavy atom. The molecule has 2 heterocycles. The van der Waals surface area contributed by atoms with Gasteiger partial charge in [0.25, 0.3) is 0 Å². The van der Waals surface area contributed by atoms with Crippen molar-refractivity contribution in [2.24, 2.45) is 4.99 Å². The molecule has 126 valence electrons. The maximum absolute atomic E-state index is 11.5. The number of benzene rings is 1. The molecule has 0 saturated carbocycles. The van der Waals surface area contributed by atoms with Crippen molar-refractivity contribution in [1.29, 1.82) is 0 Å². The van der Waals surface area contributed by atoms with Gasteiger partial charge in [-0.25, -0.2) is 4.79 Å². The van der Waals surface area contributed by atoms with Crippen molar-refractivity contribution in [3.63, 3.8) is 0 Å². The average molecular weight is 412 g/mol. The molecule has 3 rings (SSSR count). The van der Waals surface area contributed by atoms with E-state index in [4.69, 9.17) is 16.0 Å². The zero-order chi connectivity index (χ0) is 17.1. The Hall–Kier alpha value is -1.79. The van der Waals surface area contributed by atoms with Gasteiger partial charge in [0.1, 0.15) is 5.76 Å². The molecule has 2 aromatic rings. The molecule has 24 heavy (non-hydrogen) atoms. The van der Waals surface area contributed by atoms with Crippen LogP contribution in [-0.2, 0) is 4.74 Å². The van der Waals surface area contributed by atoms with Crippen LogP contribution in [0.5, 0.6) is 0 Å². The van der Waals surface area contributed by atoms with E-state index in [9.17, 15) is 4.79 Å². The molecule has 0 radical (unpaired) electrons. The number of anilines is 1. The highest BCUT2D eigenvalue weighted by atomic mass is 79.9. The predicted octanol–water partition coefficient (Wildman–Crippen LogP) is 4.83. The van der Waals surface area contributed by atoms with Crippen molar-refractivity contribution in [2.75, 3.05) is 25.1 Å². The first-order valence-electron chi connectivity index (χ1n) is 7.54. The molecule has 1 aliphatic rings. The Morgan fingerprint density at radius 3 is 2.79 bits per heavy atom. The van der Waals surface area contributed by atoms with Crippen LogP contribution >= 0.6 is 27.5 Å². The topological polar surface area (TPSA) is 55.0 Å². The van der Waals surface area contributed by atoms with Crippen LogP contribution in [0.1, 0.15) is 29.0 Å². The van der Waals surface area contributed by atoms with Gasteiger partial charge in [-0.05, 0) is 47.0 Å². The van der Waals surface area contributed by atoms with Gasteiger partial charge in [0, 0.05) is 19.2 Å². The number of ether oxygens (including phenoxy) is 1. The smallest absolute Gasteiger partial charge is 0.339 e. The van der Waals surface area contributed by atoms with Gasteiger partial charge in [0.2, 0.25) is 5.88 Å². The molecule has 0 bridgehead atoms. The highest BCUT2D eigenvalue weighted by Gasteiger charge is 2.19. The molecule has 0 aliphatic carbocycles. The second kappa shape index (κ2) is 7.40. The number of nitrogens with zero attached hydrogens (tertiary/aromatic N) is 2. The summed E-state index contributed by atoms with van der Waals surface area (Å²) in [7, 11) is 1.32. The van der Waals surface area contributed by atoms with Crippen molar-refractivity contribution < 1.29 is 13.9 Å². The van der Waals surface area contributed by atoms with Crippen molar-refractivity contribution in [1.82, 2.24) is 0 Å². The Morgan fingerprint density at radius 2 is 2.12 bits per heavy atom. The maximum Gasteiger partial charge on any atom is 0.339 e. The van der Waals surface area contributed by atoms with Crippen LogP contribution in [0.25, 0.3) is 0 Å². The van der Waals surface area contributed by atoms with Gasteiger partial charge in [-0.2, -0.15) is 0 Å². The van der Waals surface area contributed by atoms with Gasteiger partial charge in [0.05, 0.1) is 34.1 Å². The largest absolute Gasteiger partial charge is 0.465 e. The number of methoxy groups -OCH3 is 1. The fraction of sp³-hybridized carbons (Fsp3) is 0.294. The summed E-state index contributed by atoms with van der Waals surface area (Å²) in [6.07, 6.45) is 4.00. The lowest BCUT2D eigenvalue weighted by atomic mass is 10.2. The minimum atomic E-state index is -0.472. The zero-order valence-corrected chi connectivity index (χ0v) is 15.4. The fourth-order valence-electron chi connectivity index (χ4n) is 2.57. The normalized spacial score (nSPS) is 14.5. The zero-order valence-electron chi connectivity index (χ0n) is 13.1. The van der Waals surface area contributed by atoms with Gasteiger partial charge in [-0.1, -0.05) is 11.6 Å². The Labute approximate surface area is 153 Å². The van der Waals surface area contributed by atoms with E-state index in [0.29, 0.717) is 22.0 Å². The lowest BCUT2D eigenvalue weighted by Crippen LogP contribution is -2.17. The van der Waals surface area contributed by atoms with Gasteiger partial charge in [0.15, 0.2) is 0 Å². The standard InChI is InChI=1S/C17H16BrClN2O3/c1-23-17(22)13-5-4-11(8-15(13)19)20-10-12-9-14(18)16(24-12)21-6-2-3-7-21/h4-5,8-10H,2-3,6-7H2,1H3. The molecule has 0 spiro atoms. The Balaban J connectivity index is 1.77. The first kappa shape index (κ1) is 17.0. The minimum Gasteiger partial charge on any atom is -0.465 e. The monoisotopic (exact) mass is 410 g/mol. The van der Waals surface area contributed by atoms with Gasteiger partial charge < -0.3 is 14.1 Å². The Bertz CT molecular complexity index is 782. The first-order chi connectivity index (χ1) is 11.6. The molecule has 5 nitrogen and oxygen atoms in total. The molecule has 1 saturated heterocycles. The molecular formula is C17H16BrClN2O3. The summed E-state index contributed by atoms with van der Waals surface area (Å²) in [5, 5.41) is 0.301. The third-order valence-electron chi connectivity index (χ3n) is 3.78. The van der Waals surface area contributed by atoms with E-state index in [-0.39, 0.29) is 0 Å². The third kappa shape index (κ3) is 3.65. The van der Waals surface area contributed by atoms with Crippen LogP contribution in [0.15, 0.2) is 38.1 Å². The summed E-state index contributed by atoms with van der Waals surface area (Å²) in [6, 6.07) is 6.80. The van der Waals surface area contributed by atoms with E-state index >= 15 is 0 Å². The highest BCUT2D eigenvalue weighted by molar-refractivity contribution is 9.10. The molecular weight excluding hydrogens is 396 g/mol. The number of aliphatic imine (C=N–C) groups is 1. The quantitative estimate of drug-likeness (QED) is 0.534. The second-order valence-corrected chi connectivity index (χ2v) is 6.67. The summed E-state index contributed by atoms with van der Waals surface area (Å²) in [6.45, 7) is 2.01. The summed E-state index contributed by atoms with van der Waals surface area (Å²) < 4.78 is 11.4. The van der Waals surface area contributed by atoms with Crippen molar-refractivity contribution in [2.45, 2.75) is 12.8 Å². The average Bonchev–Trinajstić information content (AvgIpc) is 3.21. The van der Waals surface area contributed by atoms with Crippen LogP contribution < -0.4 is 4.90 Å². The molecule has 1 aliphatic heterocycles. The van der Waals surface area contributed by atoms with Crippen LogP contribution in [0.2, 0.25) is 5.02 Å². The van der Waals surface area contributed by atoms with Crippen LogP contribution in [-0.4, -0.2) is 32.4 Å². The summed E-state index contributed by atoms with van der Waals surface area (Å²) in [4.78, 5) is 18.1. The third-order valence-corrected chi connectivity index (χ3v) is 4.66. The maximum atomic E-state index is 11.5. The van der Waals surface area contributed by atoms with E-state index in [1.165, 1.54) is 20.0 Å². The number of carbonyl (C=O) groups is 1. The van der Waals surface area contributed by atoms with Crippen molar-refractivity contribution in [3.8, 4) is 0 Å². The number of hydrogen-bond donors (Lipinski definition) is 0. The van der Waals surface area contributed by atoms with Crippen LogP contribution in [0, 0.1) is 0 Å². The number of hydrogen-bond acceptors (Lipinski definition) is 5.